The van der Waals surface area contributed by atoms with Gasteiger partial charge in [0.2, 0.25) is 5.91 Å². The minimum absolute atomic E-state index is 0.0928. The first-order chi connectivity index (χ1) is 17.9. The second-order valence-corrected chi connectivity index (χ2v) is 10.4. The molecule has 1 atom stereocenters. The van der Waals surface area contributed by atoms with E-state index in [0.717, 1.165) is 35.0 Å². The van der Waals surface area contributed by atoms with E-state index in [0.29, 0.717) is 38.2 Å². The van der Waals surface area contributed by atoms with Crippen LogP contribution in [0.15, 0.2) is 42.5 Å². The summed E-state index contributed by atoms with van der Waals surface area (Å²) in [7, 11) is 1.61. The molecule has 1 aliphatic carbocycles. The summed E-state index contributed by atoms with van der Waals surface area (Å²) in [5.74, 6) is 0.586. The number of rotatable bonds is 4. The smallest absolute Gasteiger partial charge is 0.322 e. The summed E-state index contributed by atoms with van der Waals surface area (Å²) in [6, 6.07) is 10.8. The van der Waals surface area contributed by atoms with Crippen molar-refractivity contribution in [3.05, 3.63) is 59.5 Å². The average Bonchev–Trinajstić information content (AvgIpc) is 3.69. The number of fused-ring (bicyclic) bond motifs is 4. The highest BCUT2D eigenvalue weighted by Crippen LogP contribution is 2.49. The number of benzene rings is 2. The molecule has 1 spiro atoms. The fourth-order valence-corrected chi connectivity index (χ4v) is 6.12. The number of piperidine rings is 1. The maximum atomic E-state index is 14.3. The van der Waals surface area contributed by atoms with Gasteiger partial charge in [-0.25, -0.2) is 9.18 Å². The maximum absolute atomic E-state index is 14.3. The van der Waals surface area contributed by atoms with Gasteiger partial charge in [0.05, 0.1) is 25.4 Å². The highest BCUT2D eigenvalue weighted by molar-refractivity contribution is 5.92. The molecular formula is C28H31FN4O4. The van der Waals surface area contributed by atoms with Crippen LogP contribution in [0.1, 0.15) is 43.0 Å². The van der Waals surface area contributed by atoms with Gasteiger partial charge >= 0.3 is 6.03 Å². The number of nitrogens with zero attached hydrogens (tertiary/aromatic N) is 2. The molecule has 8 nitrogen and oxygen atoms in total. The fraction of sp³-hybridized carbons (Fsp3) is 0.429. The Morgan fingerprint density at radius 2 is 1.95 bits per heavy atom. The molecule has 9 heteroatoms. The summed E-state index contributed by atoms with van der Waals surface area (Å²) in [6.07, 6.45) is 3.33. The number of aromatic amines is 1. The fourth-order valence-electron chi connectivity index (χ4n) is 6.12. The summed E-state index contributed by atoms with van der Waals surface area (Å²) >= 11 is 0. The van der Waals surface area contributed by atoms with Crippen LogP contribution in [0.3, 0.4) is 0 Å². The summed E-state index contributed by atoms with van der Waals surface area (Å²) in [6.45, 7) is 1.30. The molecule has 3 aliphatic rings. The lowest BCUT2D eigenvalue weighted by atomic mass is 9.68. The molecule has 6 rings (SSSR count). The SMILES string of the molecule is COc1ccc2c3c([nH]c2c1)[C@H](CO)N(C(=O)Nc1ccccc1F)CC31CCN(C(=O)C2CC2)CC1. The molecule has 1 saturated carbocycles. The predicted octanol–water partition coefficient (Wildman–Crippen LogP) is 4.17. The summed E-state index contributed by atoms with van der Waals surface area (Å²) in [5, 5.41) is 14.2. The van der Waals surface area contributed by atoms with Crippen LogP contribution in [0.5, 0.6) is 5.75 Å². The molecule has 1 saturated heterocycles. The van der Waals surface area contributed by atoms with Crippen LogP contribution in [-0.4, -0.2) is 65.2 Å². The van der Waals surface area contributed by atoms with Crippen molar-refractivity contribution in [2.75, 3.05) is 38.7 Å². The number of aromatic nitrogens is 1. The van der Waals surface area contributed by atoms with Crippen LogP contribution in [0.2, 0.25) is 0 Å². The quantitative estimate of drug-likeness (QED) is 0.495. The summed E-state index contributed by atoms with van der Waals surface area (Å²) in [4.78, 5) is 33.4. The highest BCUT2D eigenvalue weighted by Gasteiger charge is 2.50. The second-order valence-electron chi connectivity index (χ2n) is 10.4. The molecule has 2 aromatic carbocycles. The van der Waals surface area contributed by atoms with Crippen LogP contribution >= 0.6 is 0 Å². The van der Waals surface area contributed by atoms with E-state index < -0.39 is 23.3 Å². The topological polar surface area (TPSA) is 97.9 Å². The molecule has 3 amide bonds. The number of amides is 3. The van der Waals surface area contributed by atoms with Crippen LogP contribution in [0.25, 0.3) is 10.9 Å². The van der Waals surface area contributed by atoms with E-state index in [4.69, 9.17) is 4.74 Å². The normalized spacial score (nSPS) is 20.7. The zero-order valence-electron chi connectivity index (χ0n) is 20.8. The minimum Gasteiger partial charge on any atom is -0.497 e. The molecule has 3 heterocycles. The Morgan fingerprint density at radius 3 is 2.62 bits per heavy atom. The number of nitrogens with one attached hydrogen (secondary N) is 2. The lowest BCUT2D eigenvalue weighted by Gasteiger charge is -2.50. The van der Waals surface area contributed by atoms with Crippen molar-refractivity contribution in [2.24, 2.45) is 5.92 Å². The van der Waals surface area contributed by atoms with Gasteiger partial charge in [-0.3, -0.25) is 4.79 Å². The van der Waals surface area contributed by atoms with Gasteiger partial charge in [0.15, 0.2) is 0 Å². The number of methoxy groups -OCH3 is 1. The number of anilines is 1. The minimum atomic E-state index is -0.628. The number of H-pyrrole nitrogens is 1. The standard InChI is InChI=1S/C28H31FN4O4/c1-37-18-8-9-19-22(14-18)30-25-23(15-34)33(27(36)31-21-5-3-2-4-20(21)29)16-28(24(19)25)10-12-32(13-11-28)26(35)17-6-7-17/h2-5,8-9,14,17,23,30,34H,6-7,10-13,15-16H2,1H3,(H,31,36)/t23-/m0/s1. The van der Waals surface area contributed by atoms with Gasteiger partial charge in [0.25, 0.3) is 0 Å². The van der Waals surface area contributed by atoms with Gasteiger partial charge in [-0.2, -0.15) is 0 Å². The van der Waals surface area contributed by atoms with Crippen molar-refractivity contribution >= 4 is 28.5 Å². The molecule has 37 heavy (non-hydrogen) atoms. The average molecular weight is 507 g/mol. The number of likely N-dealkylation sites (tertiary alicyclic amines) is 1. The van der Waals surface area contributed by atoms with Crippen molar-refractivity contribution in [3.8, 4) is 5.75 Å². The van der Waals surface area contributed by atoms with Gasteiger partial charge in [0.1, 0.15) is 11.6 Å². The van der Waals surface area contributed by atoms with E-state index in [1.54, 1.807) is 24.1 Å². The van der Waals surface area contributed by atoms with Gasteiger partial charge in [-0.15, -0.1) is 0 Å². The summed E-state index contributed by atoms with van der Waals surface area (Å²) < 4.78 is 19.8. The lowest BCUT2D eigenvalue weighted by molar-refractivity contribution is -0.134. The number of urea groups is 1. The second kappa shape index (κ2) is 9.06. The number of hydrogen-bond donors (Lipinski definition) is 3. The van der Waals surface area contributed by atoms with Crippen LogP contribution in [0.4, 0.5) is 14.9 Å². The lowest BCUT2D eigenvalue weighted by Crippen LogP contribution is -2.56. The Bertz CT molecular complexity index is 1360. The van der Waals surface area contributed by atoms with Crippen molar-refractivity contribution in [1.29, 1.82) is 0 Å². The highest BCUT2D eigenvalue weighted by atomic mass is 19.1. The number of aliphatic hydroxyl groups excluding tert-OH is 1. The number of halogens is 1. The molecule has 0 unspecified atom stereocenters. The number of carbonyl (C=O) groups excluding carboxylic acids is 2. The largest absolute Gasteiger partial charge is 0.497 e. The zero-order valence-corrected chi connectivity index (χ0v) is 20.8. The molecule has 1 aromatic heterocycles. The first kappa shape index (κ1) is 23.8. The number of aliphatic hydroxyl groups is 1. The Balaban J connectivity index is 1.40. The van der Waals surface area contributed by atoms with E-state index in [1.165, 1.54) is 12.1 Å². The van der Waals surface area contributed by atoms with Gasteiger partial charge in [0, 0.05) is 53.6 Å². The van der Waals surface area contributed by atoms with E-state index in [9.17, 15) is 19.1 Å². The molecule has 3 N–H and O–H groups in total. The number of hydrogen-bond acceptors (Lipinski definition) is 4. The third-order valence-corrected chi connectivity index (χ3v) is 8.26. The van der Waals surface area contributed by atoms with Crippen molar-refractivity contribution < 1.29 is 23.8 Å². The summed E-state index contributed by atoms with van der Waals surface area (Å²) in [5.41, 5.74) is 2.42. The first-order valence-corrected chi connectivity index (χ1v) is 12.9. The maximum Gasteiger partial charge on any atom is 0.322 e. The van der Waals surface area contributed by atoms with Gasteiger partial charge in [-0.05, 0) is 55.5 Å². The van der Waals surface area contributed by atoms with E-state index in [1.807, 2.05) is 23.1 Å². The van der Waals surface area contributed by atoms with Gasteiger partial charge in [-0.1, -0.05) is 12.1 Å². The van der Waals surface area contributed by atoms with E-state index in [-0.39, 0.29) is 24.1 Å². The number of carbonyl (C=O) groups is 2. The van der Waals surface area contributed by atoms with E-state index >= 15 is 0 Å². The molecule has 3 aromatic rings. The predicted molar refractivity (Wildman–Crippen MR) is 137 cm³/mol. The third kappa shape index (κ3) is 4.01. The monoisotopic (exact) mass is 506 g/mol. The van der Waals surface area contributed by atoms with Crippen LogP contribution < -0.4 is 10.1 Å². The Hall–Kier alpha value is -3.59. The Morgan fingerprint density at radius 1 is 1.19 bits per heavy atom. The molecule has 0 radical (unpaired) electrons. The Labute approximate surface area is 214 Å². The Kier molecular flexibility index (Phi) is 5.82. The number of para-hydroxylation sites is 1. The third-order valence-electron chi connectivity index (χ3n) is 8.26. The van der Waals surface area contributed by atoms with E-state index in [2.05, 4.69) is 10.3 Å². The zero-order chi connectivity index (χ0) is 25.7. The van der Waals surface area contributed by atoms with Crippen molar-refractivity contribution in [2.45, 2.75) is 37.1 Å². The van der Waals surface area contributed by atoms with Crippen LogP contribution in [0, 0.1) is 11.7 Å². The molecule has 0 bridgehead atoms. The molecule has 2 aliphatic heterocycles. The van der Waals surface area contributed by atoms with Crippen molar-refractivity contribution in [1.82, 2.24) is 14.8 Å². The van der Waals surface area contributed by atoms with Gasteiger partial charge < -0.3 is 29.9 Å². The first-order valence-electron chi connectivity index (χ1n) is 12.9. The molecular weight excluding hydrogens is 475 g/mol. The van der Waals surface area contributed by atoms with Crippen LogP contribution in [-0.2, 0) is 10.2 Å². The number of ether oxygens (including phenoxy) is 1. The molecule has 2 fully saturated rings. The molecule has 194 valence electrons. The van der Waals surface area contributed by atoms with Crippen molar-refractivity contribution in [3.63, 3.8) is 0 Å².